The fourth-order valence-corrected chi connectivity index (χ4v) is 2.64. The highest BCUT2D eigenvalue weighted by Gasteiger charge is 2.51. The van der Waals surface area contributed by atoms with Gasteiger partial charge in [-0.15, -0.1) is 5.10 Å². The lowest BCUT2D eigenvalue weighted by Crippen LogP contribution is -2.41. The third-order valence-electron chi connectivity index (χ3n) is 4.82. The van der Waals surface area contributed by atoms with Gasteiger partial charge in [-0.25, -0.2) is 4.68 Å². The SMILES string of the molecule is C[C@@H](Cn1cnnn1)Oc1cc(B2OC(C)(C)C(C)(C)O2)ccc1C#N. The fourth-order valence-electron chi connectivity index (χ4n) is 2.64. The molecule has 26 heavy (non-hydrogen) atoms. The van der Waals surface area contributed by atoms with E-state index in [-0.39, 0.29) is 6.10 Å². The van der Waals surface area contributed by atoms with E-state index in [9.17, 15) is 5.26 Å². The van der Waals surface area contributed by atoms with E-state index in [0.717, 1.165) is 5.46 Å². The Morgan fingerprint density at radius 2 is 1.96 bits per heavy atom. The first-order valence-corrected chi connectivity index (χ1v) is 8.49. The standard InChI is InChI=1S/C17H22BN5O3/c1-12(10-23-11-20-21-22-23)24-15-8-14(7-6-13(15)9-19)18-25-16(2,3)17(4,5)26-18/h6-8,11-12H,10H2,1-5H3/t12-/m0/s1. The van der Waals surface area contributed by atoms with Crippen LogP contribution in [0.2, 0.25) is 0 Å². The van der Waals surface area contributed by atoms with Crippen LogP contribution in [0.4, 0.5) is 0 Å². The molecule has 9 heteroatoms. The topological polar surface area (TPSA) is 95.1 Å². The van der Waals surface area contributed by atoms with E-state index < -0.39 is 18.3 Å². The van der Waals surface area contributed by atoms with Gasteiger partial charge in [-0.1, -0.05) is 6.07 Å². The molecule has 0 saturated carbocycles. The summed E-state index contributed by atoms with van der Waals surface area (Å²) >= 11 is 0. The van der Waals surface area contributed by atoms with Crippen LogP contribution >= 0.6 is 0 Å². The van der Waals surface area contributed by atoms with E-state index in [1.165, 1.54) is 6.33 Å². The molecular formula is C17H22BN5O3. The Kier molecular flexibility index (Phi) is 4.73. The Morgan fingerprint density at radius 3 is 2.54 bits per heavy atom. The van der Waals surface area contributed by atoms with Crippen LogP contribution in [0.1, 0.15) is 40.2 Å². The van der Waals surface area contributed by atoms with Crippen molar-refractivity contribution in [3.63, 3.8) is 0 Å². The van der Waals surface area contributed by atoms with E-state index in [1.807, 2.05) is 40.7 Å². The van der Waals surface area contributed by atoms with Crippen molar-refractivity contribution in [1.82, 2.24) is 20.2 Å². The summed E-state index contributed by atoms with van der Waals surface area (Å²) in [4.78, 5) is 0. The van der Waals surface area contributed by atoms with Crippen LogP contribution in [0.25, 0.3) is 0 Å². The Hall–Kier alpha value is -2.44. The molecule has 3 rings (SSSR count). The van der Waals surface area contributed by atoms with Crippen molar-refractivity contribution in [2.75, 3.05) is 0 Å². The highest BCUT2D eigenvalue weighted by atomic mass is 16.7. The lowest BCUT2D eigenvalue weighted by atomic mass is 9.78. The number of nitrogens with zero attached hydrogens (tertiary/aromatic N) is 5. The van der Waals surface area contributed by atoms with Crippen molar-refractivity contribution >= 4 is 12.6 Å². The zero-order valence-corrected chi connectivity index (χ0v) is 15.6. The van der Waals surface area contributed by atoms with E-state index in [4.69, 9.17) is 14.0 Å². The average Bonchev–Trinajstić information content (AvgIpc) is 3.13. The predicted molar refractivity (Wildman–Crippen MR) is 94.8 cm³/mol. The monoisotopic (exact) mass is 355 g/mol. The molecule has 0 bridgehead atoms. The highest BCUT2D eigenvalue weighted by Crippen LogP contribution is 2.36. The summed E-state index contributed by atoms with van der Waals surface area (Å²) in [5.74, 6) is 0.486. The Labute approximate surface area is 153 Å². The molecule has 1 fully saturated rings. The van der Waals surface area contributed by atoms with Crippen LogP contribution in [0.3, 0.4) is 0 Å². The van der Waals surface area contributed by atoms with Gasteiger partial charge in [-0.05, 0) is 62.6 Å². The molecule has 1 aliphatic rings. The molecule has 136 valence electrons. The summed E-state index contributed by atoms with van der Waals surface area (Å²) in [7, 11) is -0.509. The predicted octanol–water partition coefficient (Wildman–Crippen LogP) is 1.31. The molecule has 0 unspecified atom stereocenters. The summed E-state index contributed by atoms with van der Waals surface area (Å²) in [5, 5.41) is 20.4. The second-order valence-electron chi connectivity index (χ2n) is 7.42. The quantitative estimate of drug-likeness (QED) is 0.746. The molecule has 2 aromatic rings. The summed E-state index contributed by atoms with van der Waals surface area (Å²) in [6.45, 7) is 10.4. The van der Waals surface area contributed by atoms with Gasteiger partial charge in [0.1, 0.15) is 24.3 Å². The number of hydrogen-bond donors (Lipinski definition) is 0. The van der Waals surface area contributed by atoms with Crippen molar-refractivity contribution < 1.29 is 14.0 Å². The zero-order valence-electron chi connectivity index (χ0n) is 15.6. The van der Waals surface area contributed by atoms with E-state index >= 15 is 0 Å². The van der Waals surface area contributed by atoms with Crippen LogP contribution in [-0.4, -0.2) is 44.6 Å². The summed E-state index contributed by atoms with van der Waals surface area (Å²) in [5.41, 5.74) is 0.404. The zero-order chi connectivity index (χ0) is 18.9. The maximum Gasteiger partial charge on any atom is 0.494 e. The first-order valence-electron chi connectivity index (χ1n) is 8.49. The maximum absolute atomic E-state index is 9.38. The third-order valence-corrected chi connectivity index (χ3v) is 4.82. The third kappa shape index (κ3) is 3.57. The fraction of sp³-hybridized carbons (Fsp3) is 0.529. The first kappa shape index (κ1) is 18.4. The molecule has 0 radical (unpaired) electrons. The molecule has 2 heterocycles. The van der Waals surface area contributed by atoms with Crippen LogP contribution < -0.4 is 10.2 Å². The van der Waals surface area contributed by atoms with Gasteiger partial charge in [0, 0.05) is 0 Å². The normalized spacial score (nSPS) is 19.2. The molecule has 0 amide bonds. The molecule has 1 aliphatic heterocycles. The minimum atomic E-state index is -0.509. The number of hydrogen-bond acceptors (Lipinski definition) is 7. The van der Waals surface area contributed by atoms with Gasteiger partial charge in [0.2, 0.25) is 0 Å². The van der Waals surface area contributed by atoms with Crippen LogP contribution in [0.15, 0.2) is 24.5 Å². The van der Waals surface area contributed by atoms with Crippen molar-refractivity contribution in [3.05, 3.63) is 30.1 Å². The molecule has 1 aromatic carbocycles. The molecule has 1 atom stereocenters. The van der Waals surface area contributed by atoms with Gasteiger partial charge in [-0.2, -0.15) is 5.26 Å². The van der Waals surface area contributed by atoms with Gasteiger partial charge < -0.3 is 14.0 Å². The highest BCUT2D eigenvalue weighted by molar-refractivity contribution is 6.62. The average molecular weight is 355 g/mol. The van der Waals surface area contributed by atoms with Crippen molar-refractivity contribution in [2.24, 2.45) is 0 Å². The summed E-state index contributed by atoms with van der Waals surface area (Å²) < 4.78 is 19.7. The summed E-state index contributed by atoms with van der Waals surface area (Å²) in [6.07, 6.45) is 1.30. The van der Waals surface area contributed by atoms with Gasteiger partial charge in [0.15, 0.2) is 0 Å². The van der Waals surface area contributed by atoms with E-state index in [1.54, 1.807) is 16.8 Å². The van der Waals surface area contributed by atoms with Gasteiger partial charge in [-0.3, -0.25) is 0 Å². The maximum atomic E-state index is 9.38. The van der Waals surface area contributed by atoms with E-state index in [0.29, 0.717) is 17.9 Å². The minimum absolute atomic E-state index is 0.223. The van der Waals surface area contributed by atoms with Crippen molar-refractivity contribution in [1.29, 1.82) is 5.26 Å². The Balaban J connectivity index is 1.80. The van der Waals surface area contributed by atoms with Crippen molar-refractivity contribution in [2.45, 2.75) is 58.5 Å². The molecule has 8 nitrogen and oxygen atoms in total. The van der Waals surface area contributed by atoms with E-state index in [2.05, 4.69) is 21.6 Å². The van der Waals surface area contributed by atoms with Gasteiger partial charge in [0.25, 0.3) is 0 Å². The number of ether oxygens (including phenoxy) is 1. The number of rotatable bonds is 5. The molecule has 0 N–H and O–H groups in total. The molecule has 0 spiro atoms. The van der Waals surface area contributed by atoms with Crippen LogP contribution in [0, 0.1) is 11.3 Å². The Bertz CT molecular complexity index is 800. The summed E-state index contributed by atoms with van der Waals surface area (Å²) in [6, 6.07) is 7.51. The lowest BCUT2D eigenvalue weighted by Gasteiger charge is -2.32. The second-order valence-corrected chi connectivity index (χ2v) is 7.42. The van der Waals surface area contributed by atoms with Gasteiger partial charge in [0.05, 0.1) is 23.3 Å². The number of aromatic nitrogens is 4. The van der Waals surface area contributed by atoms with Crippen molar-refractivity contribution in [3.8, 4) is 11.8 Å². The molecule has 0 aliphatic carbocycles. The van der Waals surface area contributed by atoms with Crippen LogP contribution in [0.5, 0.6) is 5.75 Å². The largest absolute Gasteiger partial charge is 0.494 e. The molecular weight excluding hydrogens is 333 g/mol. The smallest absolute Gasteiger partial charge is 0.487 e. The van der Waals surface area contributed by atoms with Gasteiger partial charge >= 0.3 is 7.12 Å². The number of nitriles is 1. The molecule has 1 saturated heterocycles. The Morgan fingerprint density at radius 1 is 1.27 bits per heavy atom. The second kappa shape index (κ2) is 6.70. The minimum Gasteiger partial charge on any atom is -0.487 e. The number of benzene rings is 1. The van der Waals surface area contributed by atoms with Crippen LogP contribution in [-0.2, 0) is 15.9 Å². The first-order chi connectivity index (χ1) is 12.2. The number of tetrazole rings is 1. The molecule has 1 aromatic heterocycles. The lowest BCUT2D eigenvalue weighted by molar-refractivity contribution is 0.00578.